The van der Waals surface area contributed by atoms with E-state index in [0.717, 1.165) is 5.56 Å². The molecule has 2 aromatic rings. The number of nitrogens with zero attached hydrogens (tertiary/aromatic N) is 2. The molecule has 0 radical (unpaired) electrons. The quantitative estimate of drug-likeness (QED) is 0.804. The zero-order chi connectivity index (χ0) is 16.9. The number of rotatable bonds is 2. The van der Waals surface area contributed by atoms with E-state index in [1.165, 1.54) is 11.3 Å². The minimum absolute atomic E-state index is 0.120. The van der Waals surface area contributed by atoms with E-state index >= 15 is 0 Å². The Morgan fingerprint density at radius 3 is 2.39 bits per heavy atom. The summed E-state index contributed by atoms with van der Waals surface area (Å²) in [5.41, 5.74) is 3.63. The summed E-state index contributed by atoms with van der Waals surface area (Å²) in [6.07, 6.45) is 4.44. The molecule has 2 aromatic carbocycles. The fourth-order valence-electron chi connectivity index (χ4n) is 4.19. The lowest BCUT2D eigenvalue weighted by molar-refractivity contribution is 0.293. The molecule has 2 aliphatic heterocycles. The van der Waals surface area contributed by atoms with Gasteiger partial charge in [-0.15, -0.1) is 0 Å². The van der Waals surface area contributed by atoms with Gasteiger partial charge >= 0.3 is 0 Å². The van der Waals surface area contributed by atoms with Gasteiger partial charge in [0.05, 0.1) is 12.2 Å². The SMILES string of the molecule is [2H]C1(c2ccccc2)C=CN2C(C)N(c3ccccc3C)[C@@H](C)C21. The maximum absolute atomic E-state index is 9.22. The Labute approximate surface area is 140 Å². The Hall–Kier alpha value is -2.22. The van der Waals surface area contributed by atoms with E-state index in [1.807, 2.05) is 18.2 Å². The molecule has 4 rings (SSSR count). The standard InChI is InChI=1S/C21H24N2/c1-15-9-7-8-12-20(15)23-16(2)21-19(13-14-22(21)17(23)3)18-10-5-4-6-11-18/h4-14,16-17,19,21H,1-3H3/t16-,17?,19?,21?/m0/s1/i19D. The molecule has 0 spiro atoms. The molecular formula is C21H24N2. The molecule has 3 unspecified atom stereocenters. The highest BCUT2D eigenvalue weighted by molar-refractivity contribution is 5.57. The first-order valence-corrected chi connectivity index (χ1v) is 8.40. The molecule has 4 atom stereocenters. The fraction of sp³-hybridized carbons (Fsp3) is 0.333. The van der Waals surface area contributed by atoms with Crippen molar-refractivity contribution in [2.24, 2.45) is 0 Å². The summed E-state index contributed by atoms with van der Waals surface area (Å²) < 4.78 is 9.22. The smallest absolute Gasteiger partial charge is 0.0989 e. The van der Waals surface area contributed by atoms with Crippen molar-refractivity contribution in [2.45, 2.75) is 44.9 Å². The van der Waals surface area contributed by atoms with Gasteiger partial charge in [0.15, 0.2) is 0 Å². The average Bonchev–Trinajstić information content (AvgIpc) is 3.07. The summed E-state index contributed by atoms with van der Waals surface area (Å²) in [6, 6.07) is 19.2. The fourth-order valence-corrected chi connectivity index (χ4v) is 4.19. The number of anilines is 1. The van der Waals surface area contributed by atoms with Crippen molar-refractivity contribution in [1.82, 2.24) is 4.90 Å². The summed E-state index contributed by atoms with van der Waals surface area (Å²) in [5, 5.41) is 0. The second-order valence-electron chi connectivity index (χ2n) is 6.60. The molecule has 1 saturated heterocycles. The Balaban J connectivity index is 1.76. The van der Waals surface area contributed by atoms with Crippen molar-refractivity contribution in [3.05, 3.63) is 78.0 Å². The maximum Gasteiger partial charge on any atom is 0.0989 e. The first kappa shape index (κ1) is 13.2. The molecule has 2 aliphatic rings. The first-order chi connectivity index (χ1) is 11.5. The van der Waals surface area contributed by atoms with E-state index in [-0.39, 0.29) is 18.2 Å². The normalized spacial score (nSPS) is 33.0. The zero-order valence-corrected chi connectivity index (χ0v) is 14.0. The van der Waals surface area contributed by atoms with Crippen LogP contribution in [0.25, 0.3) is 0 Å². The average molecular weight is 305 g/mol. The Kier molecular flexibility index (Phi) is 3.14. The molecule has 0 aromatic heterocycles. The second-order valence-corrected chi connectivity index (χ2v) is 6.60. The van der Waals surface area contributed by atoms with E-state index in [4.69, 9.17) is 0 Å². The number of aryl methyl sites for hydroxylation is 1. The lowest BCUT2D eigenvalue weighted by Gasteiger charge is -2.31. The van der Waals surface area contributed by atoms with E-state index < -0.39 is 5.89 Å². The van der Waals surface area contributed by atoms with Gasteiger partial charge in [-0.3, -0.25) is 0 Å². The van der Waals surface area contributed by atoms with E-state index in [2.05, 4.69) is 79.2 Å². The third kappa shape index (κ3) is 2.16. The van der Waals surface area contributed by atoms with Gasteiger partial charge in [-0.1, -0.05) is 54.6 Å². The van der Waals surface area contributed by atoms with Gasteiger partial charge in [0.25, 0.3) is 0 Å². The van der Waals surface area contributed by atoms with E-state index in [1.54, 1.807) is 0 Å². The summed E-state index contributed by atoms with van der Waals surface area (Å²) in [6.45, 7) is 6.66. The minimum Gasteiger partial charge on any atom is -0.352 e. The molecule has 0 saturated carbocycles. The van der Waals surface area contributed by atoms with Gasteiger partial charge in [-0.05, 0) is 44.2 Å². The highest BCUT2D eigenvalue weighted by atomic mass is 15.5. The number of fused-ring (bicyclic) bond motifs is 1. The third-order valence-corrected chi connectivity index (χ3v) is 5.30. The highest BCUT2D eigenvalue weighted by Gasteiger charge is 2.47. The van der Waals surface area contributed by atoms with Crippen molar-refractivity contribution < 1.29 is 1.37 Å². The van der Waals surface area contributed by atoms with E-state index in [9.17, 15) is 1.37 Å². The molecule has 23 heavy (non-hydrogen) atoms. The van der Waals surface area contributed by atoms with Crippen LogP contribution in [0.2, 0.25) is 0 Å². The minimum atomic E-state index is -0.702. The molecule has 0 amide bonds. The van der Waals surface area contributed by atoms with Crippen LogP contribution >= 0.6 is 0 Å². The van der Waals surface area contributed by atoms with Gasteiger partial charge in [0.2, 0.25) is 0 Å². The maximum atomic E-state index is 9.22. The lowest BCUT2D eigenvalue weighted by Crippen LogP contribution is -2.37. The predicted molar refractivity (Wildman–Crippen MR) is 96.5 cm³/mol. The first-order valence-electron chi connectivity index (χ1n) is 8.90. The van der Waals surface area contributed by atoms with Gasteiger partial charge in [-0.25, -0.2) is 0 Å². The van der Waals surface area contributed by atoms with Crippen LogP contribution in [0.15, 0.2) is 66.9 Å². The van der Waals surface area contributed by atoms with Crippen LogP contribution in [-0.4, -0.2) is 23.1 Å². The van der Waals surface area contributed by atoms with Crippen molar-refractivity contribution in [2.75, 3.05) is 4.90 Å². The van der Waals surface area contributed by atoms with Crippen molar-refractivity contribution in [3.63, 3.8) is 0 Å². The molecule has 0 N–H and O–H groups in total. The molecule has 2 heteroatoms. The molecule has 2 nitrogen and oxygen atoms in total. The van der Waals surface area contributed by atoms with E-state index in [0.29, 0.717) is 0 Å². The lowest BCUT2D eigenvalue weighted by atomic mass is 9.89. The van der Waals surface area contributed by atoms with Crippen LogP contribution in [0.4, 0.5) is 5.69 Å². The number of benzene rings is 2. The molecule has 0 aliphatic carbocycles. The number of hydrogen-bond donors (Lipinski definition) is 0. The van der Waals surface area contributed by atoms with Gasteiger partial charge in [-0.2, -0.15) is 0 Å². The Morgan fingerprint density at radius 1 is 0.957 bits per heavy atom. The van der Waals surface area contributed by atoms with Crippen LogP contribution in [0.3, 0.4) is 0 Å². The van der Waals surface area contributed by atoms with Crippen molar-refractivity contribution in [1.29, 1.82) is 0 Å². The largest absolute Gasteiger partial charge is 0.352 e. The monoisotopic (exact) mass is 305 g/mol. The molecule has 118 valence electrons. The Bertz CT molecular complexity index is 772. The van der Waals surface area contributed by atoms with Crippen LogP contribution in [0, 0.1) is 6.92 Å². The molecule has 1 fully saturated rings. The van der Waals surface area contributed by atoms with Crippen LogP contribution < -0.4 is 4.90 Å². The number of hydrogen-bond acceptors (Lipinski definition) is 2. The second kappa shape index (κ2) is 5.45. The van der Waals surface area contributed by atoms with Crippen LogP contribution in [0.5, 0.6) is 0 Å². The molecule has 2 heterocycles. The van der Waals surface area contributed by atoms with Gasteiger partial charge < -0.3 is 9.80 Å². The van der Waals surface area contributed by atoms with Crippen molar-refractivity contribution in [3.8, 4) is 0 Å². The van der Waals surface area contributed by atoms with Crippen LogP contribution in [0.1, 0.15) is 32.2 Å². The molecular weight excluding hydrogens is 280 g/mol. The number of para-hydroxylation sites is 1. The summed E-state index contributed by atoms with van der Waals surface area (Å²) >= 11 is 0. The van der Waals surface area contributed by atoms with Crippen molar-refractivity contribution >= 4 is 5.69 Å². The Morgan fingerprint density at radius 2 is 1.65 bits per heavy atom. The highest BCUT2D eigenvalue weighted by Crippen LogP contribution is 2.43. The summed E-state index contributed by atoms with van der Waals surface area (Å²) in [7, 11) is 0. The predicted octanol–water partition coefficient (Wildman–Crippen LogP) is 4.53. The van der Waals surface area contributed by atoms with Crippen LogP contribution in [-0.2, 0) is 0 Å². The summed E-state index contributed by atoms with van der Waals surface area (Å²) in [4.78, 5) is 4.83. The zero-order valence-electron chi connectivity index (χ0n) is 15.0. The summed E-state index contributed by atoms with van der Waals surface area (Å²) in [5.74, 6) is -0.702. The van der Waals surface area contributed by atoms with Gasteiger partial charge in [0.1, 0.15) is 0 Å². The van der Waals surface area contributed by atoms with Gasteiger partial charge in [0, 0.05) is 19.0 Å². The topological polar surface area (TPSA) is 6.48 Å². The third-order valence-electron chi connectivity index (χ3n) is 5.30. The molecule has 0 bridgehead atoms.